The average Bonchev–Trinajstić information content (AvgIpc) is 2.83. The molecule has 0 spiro atoms. The number of carboxylic acids is 1. The molecule has 6 nitrogen and oxygen atoms in total. The van der Waals surface area contributed by atoms with Crippen LogP contribution in [0.3, 0.4) is 0 Å². The molecule has 1 N–H and O–H groups in total. The predicted molar refractivity (Wildman–Crippen MR) is 71.4 cm³/mol. The third-order valence-electron chi connectivity index (χ3n) is 4.22. The van der Waals surface area contributed by atoms with E-state index in [4.69, 9.17) is 4.42 Å². The normalized spacial score (nSPS) is 17.7. The van der Waals surface area contributed by atoms with Crippen molar-refractivity contribution in [3.8, 4) is 0 Å². The van der Waals surface area contributed by atoms with Gasteiger partial charge in [0.1, 0.15) is 0 Å². The highest BCUT2D eigenvalue weighted by molar-refractivity contribution is 5.93. The summed E-state index contributed by atoms with van der Waals surface area (Å²) in [6.45, 7) is 1.70. The summed E-state index contributed by atoms with van der Waals surface area (Å²) < 4.78 is 5.14. The van der Waals surface area contributed by atoms with Crippen LogP contribution < -0.4 is 0 Å². The van der Waals surface area contributed by atoms with Gasteiger partial charge in [0, 0.05) is 7.05 Å². The Balaban J connectivity index is 2.26. The molecule has 1 amide bonds. The van der Waals surface area contributed by atoms with Crippen molar-refractivity contribution in [3.05, 3.63) is 17.8 Å². The fourth-order valence-corrected chi connectivity index (χ4v) is 3.00. The minimum absolute atomic E-state index is 0.0254. The summed E-state index contributed by atoms with van der Waals surface area (Å²) >= 11 is 0. The van der Waals surface area contributed by atoms with Crippen molar-refractivity contribution < 1.29 is 19.1 Å². The first-order valence-corrected chi connectivity index (χ1v) is 6.86. The van der Waals surface area contributed by atoms with Gasteiger partial charge in [0.2, 0.25) is 5.76 Å². The van der Waals surface area contributed by atoms with Gasteiger partial charge in [-0.15, -0.1) is 0 Å². The van der Waals surface area contributed by atoms with E-state index in [9.17, 15) is 14.7 Å². The molecule has 20 heavy (non-hydrogen) atoms. The lowest BCUT2D eigenvalue weighted by Crippen LogP contribution is -2.52. The van der Waals surface area contributed by atoms with Crippen LogP contribution in [-0.2, 0) is 4.79 Å². The van der Waals surface area contributed by atoms with Crippen LogP contribution >= 0.6 is 0 Å². The second-order valence-electron chi connectivity index (χ2n) is 5.49. The molecule has 6 heteroatoms. The first kappa shape index (κ1) is 14.6. The Morgan fingerprint density at radius 1 is 1.40 bits per heavy atom. The molecule has 1 aliphatic rings. The number of aryl methyl sites for hydroxylation is 1. The number of carboxylic acid groups (broad SMARTS) is 1. The molecule has 1 aliphatic carbocycles. The maximum absolute atomic E-state index is 12.5. The SMILES string of the molecule is Cc1ncoc1C(=O)N(C)C1(CC(=O)O)CCCCC1. The quantitative estimate of drug-likeness (QED) is 0.914. The molecule has 110 valence electrons. The number of carbonyl (C=O) groups is 2. The monoisotopic (exact) mass is 280 g/mol. The Bertz CT molecular complexity index is 503. The highest BCUT2D eigenvalue weighted by Gasteiger charge is 2.41. The van der Waals surface area contributed by atoms with Crippen molar-refractivity contribution in [2.24, 2.45) is 0 Å². The molecular weight excluding hydrogens is 260 g/mol. The maximum atomic E-state index is 12.5. The van der Waals surface area contributed by atoms with Crippen LogP contribution in [0, 0.1) is 6.92 Å². The number of hydrogen-bond acceptors (Lipinski definition) is 4. The summed E-state index contributed by atoms with van der Waals surface area (Å²) in [6, 6.07) is 0. The molecular formula is C14H20N2O4. The lowest BCUT2D eigenvalue weighted by atomic mass is 9.78. The van der Waals surface area contributed by atoms with E-state index in [1.807, 2.05) is 0 Å². The van der Waals surface area contributed by atoms with E-state index in [1.165, 1.54) is 6.39 Å². The third-order valence-corrected chi connectivity index (χ3v) is 4.22. The number of carbonyl (C=O) groups excluding carboxylic acids is 1. The van der Waals surface area contributed by atoms with Crippen LogP contribution in [0.5, 0.6) is 0 Å². The Hall–Kier alpha value is -1.85. The van der Waals surface area contributed by atoms with Crippen LogP contribution in [0.1, 0.15) is 54.8 Å². The molecule has 0 atom stereocenters. The van der Waals surface area contributed by atoms with E-state index in [0.29, 0.717) is 18.5 Å². The van der Waals surface area contributed by atoms with Crippen molar-refractivity contribution in [2.45, 2.75) is 51.0 Å². The zero-order valence-electron chi connectivity index (χ0n) is 11.9. The molecule has 1 fully saturated rings. The first-order chi connectivity index (χ1) is 9.46. The Morgan fingerprint density at radius 2 is 2.05 bits per heavy atom. The molecule has 2 rings (SSSR count). The zero-order valence-corrected chi connectivity index (χ0v) is 11.9. The largest absolute Gasteiger partial charge is 0.481 e. The van der Waals surface area contributed by atoms with Crippen LogP contribution in [0.2, 0.25) is 0 Å². The van der Waals surface area contributed by atoms with E-state index < -0.39 is 11.5 Å². The van der Waals surface area contributed by atoms with Gasteiger partial charge in [0.25, 0.3) is 5.91 Å². The Morgan fingerprint density at radius 3 is 2.55 bits per heavy atom. The summed E-state index contributed by atoms with van der Waals surface area (Å²) in [4.78, 5) is 29.2. The molecule has 0 aliphatic heterocycles. The van der Waals surface area contributed by atoms with Crippen molar-refractivity contribution in [1.82, 2.24) is 9.88 Å². The number of rotatable bonds is 4. The van der Waals surface area contributed by atoms with E-state index in [0.717, 1.165) is 19.3 Å². The van der Waals surface area contributed by atoms with Gasteiger partial charge in [-0.25, -0.2) is 4.98 Å². The van der Waals surface area contributed by atoms with Gasteiger partial charge in [0.15, 0.2) is 6.39 Å². The second-order valence-corrected chi connectivity index (χ2v) is 5.49. The van der Waals surface area contributed by atoms with E-state index in [-0.39, 0.29) is 18.1 Å². The third kappa shape index (κ3) is 2.69. The van der Waals surface area contributed by atoms with Crippen LogP contribution in [0.15, 0.2) is 10.8 Å². The number of amides is 1. The molecule has 0 radical (unpaired) electrons. The number of aromatic nitrogens is 1. The van der Waals surface area contributed by atoms with Gasteiger partial charge in [-0.05, 0) is 19.8 Å². The summed E-state index contributed by atoms with van der Waals surface area (Å²) in [5, 5.41) is 9.17. The number of nitrogens with zero attached hydrogens (tertiary/aromatic N) is 2. The highest BCUT2D eigenvalue weighted by Crippen LogP contribution is 2.36. The zero-order chi connectivity index (χ0) is 14.8. The molecule has 1 aromatic heterocycles. The number of aliphatic carboxylic acids is 1. The maximum Gasteiger partial charge on any atom is 0.305 e. The second kappa shape index (κ2) is 5.64. The van der Waals surface area contributed by atoms with Crippen LogP contribution in [-0.4, -0.2) is 39.5 Å². The fourth-order valence-electron chi connectivity index (χ4n) is 3.00. The van der Waals surface area contributed by atoms with Crippen molar-refractivity contribution in [3.63, 3.8) is 0 Å². The lowest BCUT2D eigenvalue weighted by molar-refractivity contribution is -0.140. The average molecular weight is 280 g/mol. The van der Waals surface area contributed by atoms with E-state index in [2.05, 4.69) is 4.98 Å². The van der Waals surface area contributed by atoms with Gasteiger partial charge >= 0.3 is 5.97 Å². The number of oxazole rings is 1. The van der Waals surface area contributed by atoms with Gasteiger partial charge in [0.05, 0.1) is 17.7 Å². The Labute approximate surface area is 117 Å². The smallest absolute Gasteiger partial charge is 0.305 e. The highest BCUT2D eigenvalue weighted by atomic mass is 16.4. The molecule has 0 aromatic carbocycles. The summed E-state index contributed by atoms with van der Waals surface area (Å²) in [6.07, 6.45) is 5.62. The summed E-state index contributed by atoms with van der Waals surface area (Å²) in [5.41, 5.74) is -0.0800. The lowest BCUT2D eigenvalue weighted by Gasteiger charge is -2.43. The van der Waals surface area contributed by atoms with Gasteiger partial charge in [-0.1, -0.05) is 19.3 Å². The molecule has 0 bridgehead atoms. The van der Waals surface area contributed by atoms with Crippen molar-refractivity contribution in [2.75, 3.05) is 7.05 Å². The van der Waals surface area contributed by atoms with Crippen molar-refractivity contribution >= 4 is 11.9 Å². The van der Waals surface area contributed by atoms with Gasteiger partial charge < -0.3 is 14.4 Å². The standard InChI is InChI=1S/C14H20N2O4/c1-10-12(20-9-15-10)13(19)16(2)14(8-11(17)18)6-4-3-5-7-14/h9H,3-8H2,1-2H3,(H,17,18). The Kier molecular flexibility index (Phi) is 4.11. The topological polar surface area (TPSA) is 83.6 Å². The number of hydrogen-bond donors (Lipinski definition) is 1. The minimum atomic E-state index is -0.874. The molecule has 1 aromatic rings. The minimum Gasteiger partial charge on any atom is -0.481 e. The first-order valence-electron chi connectivity index (χ1n) is 6.86. The van der Waals surface area contributed by atoms with Crippen LogP contribution in [0.25, 0.3) is 0 Å². The summed E-state index contributed by atoms with van der Waals surface area (Å²) in [7, 11) is 1.67. The molecule has 0 unspecified atom stereocenters. The fraction of sp³-hybridized carbons (Fsp3) is 0.643. The molecule has 1 saturated carbocycles. The van der Waals surface area contributed by atoms with Gasteiger partial charge in [-0.2, -0.15) is 0 Å². The predicted octanol–water partition coefficient (Wildman–Crippen LogP) is 2.23. The van der Waals surface area contributed by atoms with E-state index in [1.54, 1.807) is 18.9 Å². The van der Waals surface area contributed by atoms with Gasteiger partial charge in [-0.3, -0.25) is 9.59 Å². The van der Waals surface area contributed by atoms with Crippen molar-refractivity contribution in [1.29, 1.82) is 0 Å². The molecule has 1 heterocycles. The summed E-state index contributed by atoms with van der Waals surface area (Å²) in [5.74, 6) is -0.966. The van der Waals surface area contributed by atoms with Crippen LogP contribution in [0.4, 0.5) is 0 Å². The molecule has 0 saturated heterocycles. The van der Waals surface area contributed by atoms with E-state index >= 15 is 0 Å².